The summed E-state index contributed by atoms with van der Waals surface area (Å²) in [6.07, 6.45) is 5.67. The topological polar surface area (TPSA) is 63.7 Å². The Morgan fingerprint density at radius 2 is 2.00 bits per heavy atom. The average Bonchev–Trinajstić information content (AvgIpc) is 2.73. The maximum atomic E-state index is 5.43. The number of nitrogens with zero attached hydrogens (tertiary/aromatic N) is 3. The number of H-pyrrole nitrogens is 1. The minimum absolute atomic E-state index is 0.488. The van der Waals surface area contributed by atoms with Crippen molar-refractivity contribution in [2.24, 2.45) is 0 Å². The molecular weight excluding hydrogens is 272 g/mol. The molecule has 5 nitrogen and oxygen atoms in total. The van der Waals surface area contributed by atoms with Gasteiger partial charge in [-0.1, -0.05) is 18.6 Å². The predicted octanol–water partition coefficient (Wildman–Crippen LogP) is 2.87. The summed E-state index contributed by atoms with van der Waals surface area (Å²) in [4.78, 5) is 7.85. The van der Waals surface area contributed by atoms with Crippen molar-refractivity contribution < 1.29 is 4.74 Å². The van der Waals surface area contributed by atoms with Gasteiger partial charge in [-0.15, -0.1) is 10.2 Å². The van der Waals surface area contributed by atoms with Gasteiger partial charge in [-0.2, -0.15) is 0 Å². The number of ether oxygens (including phenoxy) is 1. The highest BCUT2D eigenvalue weighted by Gasteiger charge is 2.13. The molecule has 0 unspecified atom stereocenters. The van der Waals surface area contributed by atoms with Gasteiger partial charge in [0.1, 0.15) is 10.3 Å². The van der Waals surface area contributed by atoms with Gasteiger partial charge in [0.15, 0.2) is 5.82 Å². The molecule has 0 aliphatic heterocycles. The zero-order valence-electron chi connectivity index (χ0n) is 11.3. The molecule has 0 radical (unpaired) electrons. The van der Waals surface area contributed by atoms with Crippen LogP contribution >= 0.6 is 12.2 Å². The second-order valence-corrected chi connectivity index (χ2v) is 5.26. The summed E-state index contributed by atoms with van der Waals surface area (Å²) in [7, 11) is 1.57. The van der Waals surface area contributed by atoms with Crippen molar-refractivity contribution in [1.29, 1.82) is 0 Å². The molecule has 0 aromatic carbocycles. The number of aromatic amines is 1. The van der Waals surface area contributed by atoms with Crippen LogP contribution in [0.4, 0.5) is 0 Å². The third-order valence-corrected chi connectivity index (χ3v) is 3.89. The zero-order valence-corrected chi connectivity index (χ0v) is 12.2. The lowest BCUT2D eigenvalue weighted by Crippen LogP contribution is -2.03. The Bertz CT molecular complexity index is 666. The molecule has 0 atom stereocenters. The summed E-state index contributed by atoms with van der Waals surface area (Å²) in [6.45, 7) is 0. The van der Waals surface area contributed by atoms with Gasteiger partial charge in [-0.3, -0.25) is 0 Å². The van der Waals surface area contributed by atoms with E-state index in [1.54, 1.807) is 13.2 Å². The minimum Gasteiger partial charge on any atom is -0.480 e. The Hall–Kier alpha value is -1.82. The van der Waals surface area contributed by atoms with Crippen LogP contribution in [0.15, 0.2) is 12.1 Å². The van der Waals surface area contributed by atoms with E-state index in [9.17, 15) is 0 Å². The number of methoxy groups -OCH3 is 1. The van der Waals surface area contributed by atoms with Gasteiger partial charge < -0.3 is 9.72 Å². The second-order valence-electron chi connectivity index (χ2n) is 4.87. The predicted molar refractivity (Wildman–Crippen MR) is 78.3 cm³/mol. The van der Waals surface area contributed by atoms with Gasteiger partial charge in [-0.05, 0) is 31.7 Å². The molecule has 0 amide bonds. The van der Waals surface area contributed by atoms with Crippen molar-refractivity contribution in [3.05, 3.63) is 28.0 Å². The standard InChI is InChI=1S/C14H16N4OS/c1-19-12-8-7-11(17-18-12)13-15-10-6-4-2-3-5-9(10)14(20)16-13/h7-8H,2-6H2,1H3,(H,15,16,20). The molecule has 2 aromatic rings. The van der Waals surface area contributed by atoms with E-state index in [2.05, 4.69) is 20.2 Å². The third-order valence-electron chi connectivity index (χ3n) is 3.55. The first kappa shape index (κ1) is 13.2. The van der Waals surface area contributed by atoms with E-state index >= 15 is 0 Å². The third kappa shape index (κ3) is 2.56. The first-order valence-corrected chi connectivity index (χ1v) is 7.19. The number of aromatic nitrogens is 4. The number of aryl methyl sites for hydroxylation is 1. The number of hydrogen-bond donors (Lipinski definition) is 1. The van der Waals surface area contributed by atoms with Crippen LogP contribution in [0.25, 0.3) is 11.5 Å². The molecule has 1 aliphatic carbocycles. The fourth-order valence-corrected chi connectivity index (χ4v) is 2.79. The lowest BCUT2D eigenvalue weighted by Gasteiger charge is -2.08. The Kier molecular flexibility index (Phi) is 3.73. The number of nitrogens with one attached hydrogen (secondary N) is 1. The van der Waals surface area contributed by atoms with Crippen LogP contribution in [0.3, 0.4) is 0 Å². The van der Waals surface area contributed by atoms with Gasteiger partial charge in [-0.25, -0.2) is 4.98 Å². The van der Waals surface area contributed by atoms with Crippen LogP contribution < -0.4 is 4.74 Å². The molecule has 2 aromatic heterocycles. The lowest BCUT2D eigenvalue weighted by molar-refractivity contribution is 0.392. The maximum Gasteiger partial charge on any atom is 0.233 e. The largest absolute Gasteiger partial charge is 0.480 e. The van der Waals surface area contributed by atoms with Crippen molar-refractivity contribution in [3.8, 4) is 17.4 Å². The molecule has 20 heavy (non-hydrogen) atoms. The lowest BCUT2D eigenvalue weighted by atomic mass is 10.1. The van der Waals surface area contributed by atoms with Crippen molar-refractivity contribution in [3.63, 3.8) is 0 Å². The smallest absolute Gasteiger partial charge is 0.233 e. The summed E-state index contributed by atoms with van der Waals surface area (Å²) in [6, 6.07) is 3.61. The highest BCUT2D eigenvalue weighted by Crippen LogP contribution is 2.22. The van der Waals surface area contributed by atoms with Gasteiger partial charge >= 0.3 is 0 Å². The van der Waals surface area contributed by atoms with Gasteiger partial charge in [0.2, 0.25) is 5.88 Å². The first-order chi connectivity index (χ1) is 9.78. The minimum atomic E-state index is 0.488. The SMILES string of the molecule is COc1ccc(-c2nc(=S)c3c([nH]2)CCCCC3)nn1. The summed E-state index contributed by atoms with van der Waals surface area (Å²) in [5.74, 6) is 1.17. The van der Waals surface area contributed by atoms with Gasteiger partial charge in [0, 0.05) is 17.3 Å². The van der Waals surface area contributed by atoms with Crippen molar-refractivity contribution in [2.75, 3.05) is 7.11 Å². The number of rotatable bonds is 2. The molecule has 3 rings (SSSR count). The van der Waals surface area contributed by atoms with E-state index in [1.165, 1.54) is 30.5 Å². The van der Waals surface area contributed by atoms with Crippen molar-refractivity contribution >= 4 is 12.2 Å². The number of hydrogen-bond acceptors (Lipinski definition) is 5. The summed E-state index contributed by atoms with van der Waals surface area (Å²) in [5, 5.41) is 8.09. The summed E-state index contributed by atoms with van der Waals surface area (Å²) in [5.41, 5.74) is 3.08. The molecule has 0 bridgehead atoms. The Morgan fingerprint density at radius 1 is 1.15 bits per heavy atom. The first-order valence-electron chi connectivity index (χ1n) is 6.78. The van der Waals surface area contributed by atoms with E-state index in [0.717, 1.165) is 12.8 Å². The second kappa shape index (κ2) is 5.66. The van der Waals surface area contributed by atoms with E-state index in [-0.39, 0.29) is 0 Å². The van der Waals surface area contributed by atoms with E-state index in [1.807, 2.05) is 6.07 Å². The summed E-state index contributed by atoms with van der Waals surface area (Å²) >= 11 is 5.43. The fourth-order valence-electron chi connectivity index (χ4n) is 2.47. The normalized spacial score (nSPS) is 14.4. The van der Waals surface area contributed by atoms with Crippen molar-refractivity contribution in [1.82, 2.24) is 20.2 Å². The maximum absolute atomic E-state index is 5.43. The van der Waals surface area contributed by atoms with Crippen LogP contribution in [0, 0.1) is 4.64 Å². The molecule has 104 valence electrons. The average molecular weight is 288 g/mol. The van der Waals surface area contributed by atoms with E-state index in [0.29, 0.717) is 22.0 Å². The quantitative estimate of drug-likeness (QED) is 0.680. The van der Waals surface area contributed by atoms with Crippen LogP contribution in [0.2, 0.25) is 0 Å². The Balaban J connectivity index is 2.03. The molecule has 6 heteroatoms. The van der Waals surface area contributed by atoms with E-state index < -0.39 is 0 Å². The Labute approximate surface area is 122 Å². The highest BCUT2D eigenvalue weighted by molar-refractivity contribution is 7.71. The van der Waals surface area contributed by atoms with Gasteiger partial charge in [0.05, 0.1) is 7.11 Å². The fraction of sp³-hybridized carbons (Fsp3) is 0.429. The molecule has 0 fully saturated rings. The highest BCUT2D eigenvalue weighted by atomic mass is 32.1. The molecule has 0 spiro atoms. The molecule has 1 N–H and O–H groups in total. The zero-order chi connectivity index (χ0) is 13.9. The molecule has 1 aliphatic rings. The van der Waals surface area contributed by atoms with Crippen LogP contribution in [0.5, 0.6) is 5.88 Å². The van der Waals surface area contributed by atoms with Crippen LogP contribution in [0.1, 0.15) is 30.5 Å². The monoisotopic (exact) mass is 288 g/mol. The molecule has 0 saturated carbocycles. The molecular formula is C14H16N4OS. The molecule has 2 heterocycles. The van der Waals surface area contributed by atoms with E-state index in [4.69, 9.17) is 17.0 Å². The molecule has 0 saturated heterocycles. The van der Waals surface area contributed by atoms with Crippen LogP contribution in [-0.2, 0) is 12.8 Å². The Morgan fingerprint density at radius 3 is 2.75 bits per heavy atom. The summed E-state index contributed by atoms with van der Waals surface area (Å²) < 4.78 is 5.70. The van der Waals surface area contributed by atoms with Crippen molar-refractivity contribution in [2.45, 2.75) is 32.1 Å². The number of fused-ring (bicyclic) bond motifs is 1. The van der Waals surface area contributed by atoms with Crippen LogP contribution in [-0.4, -0.2) is 27.3 Å². The van der Waals surface area contributed by atoms with Gasteiger partial charge in [0.25, 0.3) is 0 Å².